The van der Waals surface area contributed by atoms with Crippen LogP contribution in [0, 0.1) is 11.7 Å². The van der Waals surface area contributed by atoms with E-state index in [1.54, 1.807) is 0 Å². The van der Waals surface area contributed by atoms with Crippen molar-refractivity contribution in [2.45, 2.75) is 55.8 Å². The topological polar surface area (TPSA) is 92.3 Å². The van der Waals surface area contributed by atoms with Crippen molar-refractivity contribution in [3.63, 3.8) is 0 Å². The van der Waals surface area contributed by atoms with Crippen LogP contribution in [0.2, 0.25) is 0 Å². The monoisotopic (exact) mass is 452 g/mol. The van der Waals surface area contributed by atoms with E-state index in [2.05, 4.69) is 15.5 Å². The number of hydrogen-bond donors (Lipinski definition) is 1. The zero-order chi connectivity index (χ0) is 21.1. The number of nitrogens with zero attached hydrogens (tertiary/aromatic N) is 3. The van der Waals surface area contributed by atoms with Gasteiger partial charge in [0.2, 0.25) is 21.1 Å². The first-order valence-electron chi connectivity index (χ1n) is 10.3. The number of nitrogens with one attached hydrogen (secondary N) is 1. The summed E-state index contributed by atoms with van der Waals surface area (Å²) in [5, 5.41) is 12.8. The minimum Gasteiger partial charge on any atom is -0.300 e. The summed E-state index contributed by atoms with van der Waals surface area (Å²) in [6.45, 7) is 0.502. The first-order valence-corrected chi connectivity index (χ1v) is 12.6. The van der Waals surface area contributed by atoms with Crippen molar-refractivity contribution in [3.8, 4) is 0 Å². The molecule has 1 aliphatic carbocycles. The van der Waals surface area contributed by atoms with Crippen molar-refractivity contribution in [2.75, 3.05) is 18.4 Å². The predicted octanol–water partition coefficient (Wildman–Crippen LogP) is 3.76. The Bertz CT molecular complexity index is 980. The average Bonchev–Trinajstić information content (AvgIpc) is 3.23. The molecule has 1 saturated carbocycles. The van der Waals surface area contributed by atoms with Gasteiger partial charge in [-0.2, -0.15) is 4.31 Å². The zero-order valence-electron chi connectivity index (χ0n) is 16.6. The van der Waals surface area contributed by atoms with Crippen LogP contribution in [0.4, 0.5) is 9.52 Å². The fourth-order valence-electron chi connectivity index (χ4n) is 4.12. The molecule has 1 aromatic heterocycles. The molecule has 0 spiro atoms. The Balaban J connectivity index is 1.32. The lowest BCUT2D eigenvalue weighted by Gasteiger charge is -2.30. The minimum absolute atomic E-state index is 0.0657. The fourth-order valence-corrected chi connectivity index (χ4v) is 6.51. The third-order valence-corrected chi connectivity index (χ3v) is 8.82. The van der Waals surface area contributed by atoms with Crippen LogP contribution in [0.3, 0.4) is 0 Å². The summed E-state index contributed by atoms with van der Waals surface area (Å²) < 4.78 is 39.8. The van der Waals surface area contributed by atoms with Crippen molar-refractivity contribution in [3.05, 3.63) is 35.1 Å². The molecular formula is C20H25FN4O3S2. The van der Waals surface area contributed by atoms with Crippen molar-refractivity contribution in [1.82, 2.24) is 14.5 Å². The van der Waals surface area contributed by atoms with Gasteiger partial charge in [0.05, 0.1) is 4.90 Å². The Morgan fingerprint density at radius 3 is 2.37 bits per heavy atom. The number of sulfonamides is 1. The van der Waals surface area contributed by atoms with E-state index in [1.165, 1.54) is 47.0 Å². The van der Waals surface area contributed by atoms with Crippen molar-refractivity contribution in [2.24, 2.45) is 5.92 Å². The minimum atomic E-state index is -3.68. The molecule has 0 unspecified atom stereocenters. The van der Waals surface area contributed by atoms with Crippen LogP contribution >= 0.6 is 11.3 Å². The molecule has 10 heteroatoms. The molecule has 1 saturated heterocycles. The molecule has 0 radical (unpaired) electrons. The van der Waals surface area contributed by atoms with Crippen LogP contribution < -0.4 is 5.32 Å². The fraction of sp³-hybridized carbons (Fsp3) is 0.550. The summed E-state index contributed by atoms with van der Waals surface area (Å²) >= 11 is 1.44. The number of rotatable bonds is 5. The van der Waals surface area contributed by atoms with E-state index in [4.69, 9.17) is 0 Å². The Morgan fingerprint density at radius 1 is 1.03 bits per heavy atom. The van der Waals surface area contributed by atoms with Crippen molar-refractivity contribution in [1.29, 1.82) is 0 Å². The third kappa shape index (κ3) is 4.70. The van der Waals surface area contributed by atoms with Crippen molar-refractivity contribution >= 4 is 32.4 Å². The molecule has 2 aromatic rings. The van der Waals surface area contributed by atoms with Crippen LogP contribution in [-0.4, -0.2) is 41.9 Å². The summed E-state index contributed by atoms with van der Waals surface area (Å²) in [5.41, 5.74) is 0. The van der Waals surface area contributed by atoms with E-state index in [1.807, 2.05) is 0 Å². The van der Waals surface area contributed by atoms with Gasteiger partial charge in [0.15, 0.2) is 0 Å². The Morgan fingerprint density at radius 2 is 1.70 bits per heavy atom. The molecule has 0 bridgehead atoms. The quantitative estimate of drug-likeness (QED) is 0.746. The second-order valence-electron chi connectivity index (χ2n) is 7.90. The van der Waals surface area contributed by atoms with E-state index >= 15 is 0 Å². The highest BCUT2D eigenvalue weighted by molar-refractivity contribution is 7.89. The van der Waals surface area contributed by atoms with E-state index in [-0.39, 0.29) is 29.8 Å². The Labute approximate surface area is 179 Å². The zero-order valence-corrected chi connectivity index (χ0v) is 18.2. The number of aromatic nitrogens is 2. The van der Waals surface area contributed by atoms with E-state index in [0.29, 0.717) is 23.9 Å². The van der Waals surface area contributed by atoms with Crippen LogP contribution in [0.5, 0.6) is 0 Å². The highest BCUT2D eigenvalue weighted by Crippen LogP contribution is 2.35. The highest BCUT2D eigenvalue weighted by atomic mass is 32.2. The lowest BCUT2D eigenvalue weighted by atomic mass is 9.90. The molecule has 2 aliphatic rings. The Kier molecular flexibility index (Phi) is 6.45. The van der Waals surface area contributed by atoms with Crippen LogP contribution in [0.15, 0.2) is 29.2 Å². The molecular weight excluding hydrogens is 427 g/mol. The molecule has 2 fully saturated rings. The van der Waals surface area contributed by atoms with Gasteiger partial charge in [-0.15, -0.1) is 10.2 Å². The second kappa shape index (κ2) is 9.07. The second-order valence-corrected chi connectivity index (χ2v) is 10.8. The van der Waals surface area contributed by atoms with Gasteiger partial charge in [0.25, 0.3) is 0 Å². The molecule has 7 nitrogen and oxygen atoms in total. The third-order valence-electron chi connectivity index (χ3n) is 5.90. The SMILES string of the molecule is O=C(Nc1nnc(C2CCCCC2)s1)C1CCN(S(=O)(=O)c2ccc(F)cc2)CC1. The molecule has 1 aliphatic heterocycles. The van der Waals surface area contributed by atoms with Gasteiger partial charge in [0.1, 0.15) is 10.8 Å². The number of carbonyl (C=O) groups is 1. The van der Waals surface area contributed by atoms with Gasteiger partial charge in [-0.1, -0.05) is 30.6 Å². The van der Waals surface area contributed by atoms with Gasteiger partial charge in [-0.05, 0) is 49.9 Å². The number of amides is 1. The number of hydrogen-bond acceptors (Lipinski definition) is 6. The van der Waals surface area contributed by atoms with E-state index in [0.717, 1.165) is 30.0 Å². The number of carbonyl (C=O) groups excluding carboxylic acids is 1. The lowest BCUT2D eigenvalue weighted by Crippen LogP contribution is -2.41. The van der Waals surface area contributed by atoms with Gasteiger partial charge in [-0.3, -0.25) is 4.79 Å². The van der Waals surface area contributed by atoms with Gasteiger partial charge in [0, 0.05) is 24.9 Å². The molecule has 1 N–H and O–H groups in total. The molecule has 1 aromatic carbocycles. The van der Waals surface area contributed by atoms with E-state index < -0.39 is 15.8 Å². The largest absolute Gasteiger partial charge is 0.300 e. The maximum atomic E-state index is 13.1. The predicted molar refractivity (Wildman–Crippen MR) is 112 cm³/mol. The van der Waals surface area contributed by atoms with Crippen molar-refractivity contribution < 1.29 is 17.6 Å². The average molecular weight is 453 g/mol. The summed E-state index contributed by atoms with van der Waals surface area (Å²) in [5.74, 6) is -0.443. The molecule has 0 atom stereocenters. The number of halogens is 1. The molecule has 1 amide bonds. The standard InChI is InChI=1S/C20H25FN4O3S2/c21-16-6-8-17(9-7-16)30(27,28)25-12-10-14(11-13-25)18(26)22-20-24-23-19(29-20)15-4-2-1-3-5-15/h6-9,14-15H,1-5,10-13H2,(H,22,24,26). The maximum absolute atomic E-state index is 13.1. The molecule has 2 heterocycles. The number of benzene rings is 1. The van der Waals surface area contributed by atoms with E-state index in [9.17, 15) is 17.6 Å². The summed E-state index contributed by atoms with van der Waals surface area (Å²) in [7, 11) is -3.68. The first kappa shape index (κ1) is 21.3. The first-order chi connectivity index (χ1) is 14.4. The molecule has 4 rings (SSSR count). The van der Waals surface area contributed by atoms with Crippen LogP contribution in [0.25, 0.3) is 0 Å². The molecule has 30 heavy (non-hydrogen) atoms. The molecule has 162 valence electrons. The van der Waals surface area contributed by atoms with Gasteiger partial charge < -0.3 is 5.32 Å². The number of anilines is 1. The summed E-state index contributed by atoms with van der Waals surface area (Å²) in [6, 6.07) is 4.80. The normalized spacial score (nSPS) is 19.6. The van der Waals surface area contributed by atoms with Crippen LogP contribution in [-0.2, 0) is 14.8 Å². The van der Waals surface area contributed by atoms with Crippen LogP contribution in [0.1, 0.15) is 55.9 Å². The summed E-state index contributed by atoms with van der Waals surface area (Å²) in [4.78, 5) is 12.7. The Hall–Kier alpha value is -1.91. The number of piperidine rings is 1. The maximum Gasteiger partial charge on any atom is 0.243 e. The van der Waals surface area contributed by atoms with Gasteiger partial charge in [-0.25, -0.2) is 12.8 Å². The lowest BCUT2D eigenvalue weighted by molar-refractivity contribution is -0.120. The van der Waals surface area contributed by atoms with Gasteiger partial charge >= 0.3 is 0 Å². The summed E-state index contributed by atoms with van der Waals surface area (Å²) in [6.07, 6.45) is 6.82. The highest BCUT2D eigenvalue weighted by Gasteiger charge is 2.32. The smallest absolute Gasteiger partial charge is 0.243 e.